The minimum Gasteiger partial charge on any atom is -0.396 e. The number of carbonyl (C=O) groups excluding carboxylic acids is 1. The molecule has 3 heteroatoms. The summed E-state index contributed by atoms with van der Waals surface area (Å²) in [5.74, 6) is 2.38. The van der Waals surface area contributed by atoms with Crippen LogP contribution >= 0.6 is 0 Å². The van der Waals surface area contributed by atoms with Crippen molar-refractivity contribution in [2.24, 2.45) is 17.8 Å². The lowest BCUT2D eigenvalue weighted by Crippen LogP contribution is -2.34. The zero-order valence-corrected chi connectivity index (χ0v) is 19.8. The maximum atomic E-state index is 12.6. The Morgan fingerprint density at radius 1 is 1.03 bits per heavy atom. The van der Waals surface area contributed by atoms with Crippen molar-refractivity contribution in [3.63, 3.8) is 0 Å². The molecule has 0 heterocycles. The van der Waals surface area contributed by atoms with E-state index in [-0.39, 0.29) is 12.5 Å². The van der Waals surface area contributed by atoms with E-state index in [0.29, 0.717) is 18.9 Å². The van der Waals surface area contributed by atoms with E-state index >= 15 is 0 Å². The summed E-state index contributed by atoms with van der Waals surface area (Å²) in [5.41, 5.74) is 1.85. The van der Waals surface area contributed by atoms with Crippen molar-refractivity contribution in [1.29, 1.82) is 0 Å². The average molecular weight is 426 g/mol. The van der Waals surface area contributed by atoms with Crippen molar-refractivity contribution in [1.82, 2.24) is 5.32 Å². The van der Waals surface area contributed by atoms with E-state index in [9.17, 15) is 4.79 Å². The van der Waals surface area contributed by atoms with Crippen molar-refractivity contribution in [2.75, 3.05) is 13.2 Å². The molecule has 1 fully saturated rings. The third-order valence-corrected chi connectivity index (χ3v) is 7.71. The van der Waals surface area contributed by atoms with Gasteiger partial charge in [0.15, 0.2) is 0 Å². The maximum absolute atomic E-state index is 12.6. The minimum absolute atomic E-state index is 0.0301. The number of aliphatic hydroxyl groups excluding tert-OH is 1. The SMILES string of the molecule is Cc1c(C(=O)NCCCO)ccc2c1=CCC(CCCC1CCCCCC1)C(C)CC=2. The molecule has 1 aromatic rings. The monoisotopic (exact) mass is 425 g/mol. The highest BCUT2D eigenvalue weighted by Crippen LogP contribution is 2.31. The van der Waals surface area contributed by atoms with E-state index < -0.39 is 0 Å². The van der Waals surface area contributed by atoms with Crippen LogP contribution in [-0.4, -0.2) is 24.2 Å². The molecule has 1 aromatic carbocycles. The molecule has 31 heavy (non-hydrogen) atoms. The maximum Gasteiger partial charge on any atom is 0.251 e. The van der Waals surface area contributed by atoms with Crippen LogP contribution in [-0.2, 0) is 0 Å². The molecule has 2 N–H and O–H groups in total. The molecule has 0 aliphatic heterocycles. The molecule has 0 bridgehead atoms. The molecule has 2 aliphatic rings. The van der Waals surface area contributed by atoms with Crippen LogP contribution in [0.1, 0.15) is 99.9 Å². The molecule has 0 aromatic heterocycles. The van der Waals surface area contributed by atoms with Gasteiger partial charge in [-0.1, -0.05) is 76.5 Å². The highest BCUT2D eigenvalue weighted by Gasteiger charge is 2.19. The highest BCUT2D eigenvalue weighted by atomic mass is 16.3. The number of rotatable bonds is 8. The van der Waals surface area contributed by atoms with Crippen LogP contribution in [0.4, 0.5) is 0 Å². The molecule has 1 saturated carbocycles. The fraction of sp³-hybridized carbons (Fsp3) is 0.679. The quantitative estimate of drug-likeness (QED) is 0.462. The molecule has 3 rings (SSSR count). The van der Waals surface area contributed by atoms with Gasteiger partial charge in [0.05, 0.1) is 0 Å². The van der Waals surface area contributed by atoms with E-state index in [0.717, 1.165) is 35.8 Å². The van der Waals surface area contributed by atoms with Crippen LogP contribution in [0, 0.1) is 24.7 Å². The van der Waals surface area contributed by atoms with Crippen LogP contribution in [0.15, 0.2) is 12.1 Å². The van der Waals surface area contributed by atoms with Crippen molar-refractivity contribution in [3.8, 4) is 0 Å². The highest BCUT2D eigenvalue weighted by molar-refractivity contribution is 5.95. The Labute approximate surface area is 189 Å². The van der Waals surface area contributed by atoms with Crippen LogP contribution < -0.4 is 15.8 Å². The second-order valence-electron chi connectivity index (χ2n) is 9.98. The zero-order valence-electron chi connectivity index (χ0n) is 19.8. The number of aliphatic hydroxyl groups is 1. The fourth-order valence-corrected chi connectivity index (χ4v) is 5.55. The lowest BCUT2D eigenvalue weighted by molar-refractivity contribution is 0.0950. The van der Waals surface area contributed by atoms with Crippen molar-refractivity contribution < 1.29 is 9.90 Å². The number of hydrogen-bond acceptors (Lipinski definition) is 2. The summed E-state index contributed by atoms with van der Waals surface area (Å²) in [6.07, 6.45) is 20.4. The van der Waals surface area contributed by atoms with Crippen molar-refractivity contribution in [2.45, 2.75) is 90.9 Å². The van der Waals surface area contributed by atoms with Crippen LogP contribution in [0.3, 0.4) is 0 Å². The number of nitrogens with one attached hydrogen (secondary N) is 1. The van der Waals surface area contributed by atoms with Gasteiger partial charge in [-0.3, -0.25) is 4.79 Å². The summed E-state index contributed by atoms with van der Waals surface area (Å²) in [7, 11) is 0. The molecule has 172 valence electrons. The van der Waals surface area contributed by atoms with Gasteiger partial charge >= 0.3 is 0 Å². The Kier molecular flexibility index (Phi) is 9.64. The van der Waals surface area contributed by atoms with Gasteiger partial charge in [0.25, 0.3) is 5.91 Å². The van der Waals surface area contributed by atoms with Crippen LogP contribution in [0.25, 0.3) is 12.2 Å². The number of fused-ring (bicyclic) bond motifs is 1. The lowest BCUT2D eigenvalue weighted by Gasteiger charge is -2.24. The van der Waals surface area contributed by atoms with E-state index in [1.807, 2.05) is 6.07 Å². The molecule has 1 amide bonds. The van der Waals surface area contributed by atoms with E-state index in [2.05, 4.69) is 37.4 Å². The van der Waals surface area contributed by atoms with Crippen LogP contribution in [0.5, 0.6) is 0 Å². The molecular weight excluding hydrogens is 382 g/mol. The molecule has 2 aliphatic carbocycles. The standard InChI is InChI=1S/C28H43NO2/c1-21-13-14-25-16-18-27(28(31)29-19-8-20-30)22(2)26(25)17-15-24(21)12-7-11-23-9-5-3-4-6-10-23/h14,16-18,21,23-24,30H,3-13,15,19-20H2,1-2H3,(H,29,31). The summed E-state index contributed by atoms with van der Waals surface area (Å²) in [6.45, 7) is 5.12. The van der Waals surface area contributed by atoms with Crippen molar-refractivity contribution >= 4 is 18.1 Å². The van der Waals surface area contributed by atoms with Gasteiger partial charge in [0.2, 0.25) is 0 Å². The van der Waals surface area contributed by atoms with E-state index in [1.165, 1.54) is 68.2 Å². The summed E-state index contributed by atoms with van der Waals surface area (Å²) in [6, 6.07) is 4.07. The smallest absolute Gasteiger partial charge is 0.251 e. The third-order valence-electron chi connectivity index (χ3n) is 7.71. The Hall–Kier alpha value is -1.61. The normalized spacial score (nSPS) is 22.3. The fourth-order valence-electron chi connectivity index (χ4n) is 5.55. The molecule has 0 saturated heterocycles. The first kappa shape index (κ1) is 24.0. The molecule has 0 radical (unpaired) electrons. The first-order chi connectivity index (χ1) is 15.1. The number of carbonyl (C=O) groups is 1. The summed E-state index contributed by atoms with van der Waals surface area (Å²) in [4.78, 5) is 12.6. The van der Waals surface area contributed by atoms with E-state index in [1.54, 1.807) is 0 Å². The van der Waals surface area contributed by atoms with Gasteiger partial charge in [-0.25, -0.2) is 0 Å². The predicted molar refractivity (Wildman–Crippen MR) is 130 cm³/mol. The van der Waals surface area contributed by atoms with Crippen molar-refractivity contribution in [3.05, 3.63) is 33.7 Å². The third kappa shape index (κ3) is 6.94. The Balaban J connectivity index is 1.67. The second kappa shape index (κ2) is 12.4. The molecule has 2 unspecified atom stereocenters. The van der Waals surface area contributed by atoms with Gasteiger partial charge in [0, 0.05) is 18.7 Å². The van der Waals surface area contributed by atoms with Gasteiger partial charge in [-0.05, 0) is 72.4 Å². The van der Waals surface area contributed by atoms with E-state index in [4.69, 9.17) is 5.11 Å². The summed E-state index contributed by atoms with van der Waals surface area (Å²) >= 11 is 0. The number of hydrogen-bond donors (Lipinski definition) is 2. The molecule has 0 spiro atoms. The second-order valence-corrected chi connectivity index (χ2v) is 9.98. The Morgan fingerprint density at radius 2 is 1.81 bits per heavy atom. The first-order valence-electron chi connectivity index (χ1n) is 12.8. The molecular formula is C28H43NO2. The van der Waals surface area contributed by atoms with Gasteiger partial charge in [0.1, 0.15) is 0 Å². The lowest BCUT2D eigenvalue weighted by atomic mass is 9.81. The largest absolute Gasteiger partial charge is 0.396 e. The molecule has 3 nitrogen and oxygen atoms in total. The van der Waals surface area contributed by atoms with Gasteiger partial charge in [-0.15, -0.1) is 0 Å². The predicted octanol–water partition coefficient (Wildman–Crippen LogP) is 4.86. The summed E-state index contributed by atoms with van der Waals surface area (Å²) in [5, 5.41) is 14.4. The topological polar surface area (TPSA) is 49.3 Å². The van der Waals surface area contributed by atoms with Gasteiger partial charge < -0.3 is 10.4 Å². The zero-order chi connectivity index (χ0) is 22.1. The Bertz CT molecular complexity index is 820. The average Bonchev–Trinajstić information content (AvgIpc) is 3.03. The number of amides is 1. The number of benzene rings is 1. The minimum atomic E-state index is -0.0301. The first-order valence-corrected chi connectivity index (χ1v) is 12.8. The van der Waals surface area contributed by atoms with Crippen LogP contribution in [0.2, 0.25) is 0 Å². The summed E-state index contributed by atoms with van der Waals surface area (Å²) < 4.78 is 0. The Morgan fingerprint density at radius 3 is 2.55 bits per heavy atom. The van der Waals surface area contributed by atoms with Gasteiger partial charge in [-0.2, -0.15) is 0 Å². The molecule has 2 atom stereocenters.